The fraction of sp³-hybridized carbons (Fsp3) is 0.0741. The average Bonchev–Trinajstić information content (AvgIpc) is 3.06. The Morgan fingerprint density at radius 1 is 0.600 bits per heavy atom. The number of para-hydroxylation sites is 4. The van der Waals surface area contributed by atoms with Gasteiger partial charge in [-0.1, -0.05) is 48.5 Å². The van der Waals surface area contributed by atoms with Crippen molar-refractivity contribution in [2.75, 3.05) is 4.90 Å². The molecule has 0 aliphatic heterocycles. The van der Waals surface area contributed by atoms with Gasteiger partial charge in [-0.05, 0) is 60.7 Å². The van der Waals surface area contributed by atoms with Gasteiger partial charge in [0.25, 0.3) is 5.82 Å². The highest BCUT2D eigenvalue weighted by Gasteiger charge is 2.21. The number of aromatic nitrogens is 2. The Hall–Kier alpha value is -3.85. The lowest BCUT2D eigenvalue weighted by Crippen LogP contribution is -2.29. The largest absolute Gasteiger partial charge is 0.311 e. The van der Waals surface area contributed by atoms with E-state index in [-0.39, 0.29) is 0 Å². The van der Waals surface area contributed by atoms with Crippen LogP contribution in [0.2, 0.25) is 0 Å². The lowest BCUT2D eigenvalue weighted by molar-refractivity contribution is -0.634. The molecule has 0 bridgehead atoms. The highest BCUT2D eigenvalue weighted by Crippen LogP contribution is 2.35. The molecule has 146 valence electrons. The maximum absolute atomic E-state index is 2.28. The van der Waals surface area contributed by atoms with Gasteiger partial charge in [-0.25, -0.2) is 9.13 Å². The number of aryl methyl sites for hydroxylation is 2. The van der Waals surface area contributed by atoms with Gasteiger partial charge >= 0.3 is 0 Å². The van der Waals surface area contributed by atoms with E-state index in [2.05, 4.69) is 137 Å². The topological polar surface area (TPSA) is 12.1 Å². The quantitative estimate of drug-likeness (QED) is 0.336. The third kappa shape index (κ3) is 3.05. The molecule has 0 radical (unpaired) electrons. The maximum atomic E-state index is 2.28. The first-order valence-electron chi connectivity index (χ1n) is 10.2. The van der Waals surface area contributed by atoms with Gasteiger partial charge in [0, 0.05) is 17.1 Å². The SMILES string of the molecule is Cn1c(-c2ccc(N(c3ccccc3)c3ccccc3)cc2)[n+](C)c2ccccc21. The molecule has 3 nitrogen and oxygen atoms in total. The zero-order valence-corrected chi connectivity index (χ0v) is 17.2. The van der Waals surface area contributed by atoms with E-state index in [9.17, 15) is 0 Å². The van der Waals surface area contributed by atoms with E-state index in [1.807, 2.05) is 0 Å². The summed E-state index contributed by atoms with van der Waals surface area (Å²) in [5, 5.41) is 0. The minimum Gasteiger partial charge on any atom is -0.311 e. The van der Waals surface area contributed by atoms with E-state index in [0.29, 0.717) is 0 Å². The van der Waals surface area contributed by atoms with Gasteiger partial charge in [-0.15, -0.1) is 0 Å². The molecular formula is C27H24N3+. The van der Waals surface area contributed by atoms with Gasteiger partial charge in [0.1, 0.15) is 0 Å². The molecule has 0 spiro atoms. The van der Waals surface area contributed by atoms with Gasteiger partial charge in [0.05, 0.1) is 19.7 Å². The van der Waals surface area contributed by atoms with E-state index >= 15 is 0 Å². The monoisotopic (exact) mass is 390 g/mol. The average molecular weight is 391 g/mol. The van der Waals surface area contributed by atoms with Crippen molar-refractivity contribution in [3.8, 4) is 11.4 Å². The summed E-state index contributed by atoms with van der Waals surface area (Å²) < 4.78 is 4.52. The summed E-state index contributed by atoms with van der Waals surface area (Å²) in [4.78, 5) is 2.28. The summed E-state index contributed by atoms with van der Waals surface area (Å²) in [6.07, 6.45) is 0. The van der Waals surface area contributed by atoms with Gasteiger partial charge in [-0.3, -0.25) is 0 Å². The molecule has 1 heterocycles. The third-order valence-corrected chi connectivity index (χ3v) is 5.65. The summed E-state index contributed by atoms with van der Waals surface area (Å²) in [5.41, 5.74) is 7.08. The molecule has 0 atom stereocenters. The Balaban J connectivity index is 1.60. The first kappa shape index (κ1) is 18.2. The first-order valence-corrected chi connectivity index (χ1v) is 10.2. The molecule has 1 aromatic heterocycles. The second-order valence-corrected chi connectivity index (χ2v) is 7.48. The molecule has 0 unspecified atom stereocenters. The zero-order valence-electron chi connectivity index (χ0n) is 17.2. The van der Waals surface area contributed by atoms with Crippen LogP contribution in [0.3, 0.4) is 0 Å². The lowest BCUT2D eigenvalue weighted by Gasteiger charge is -2.25. The van der Waals surface area contributed by atoms with Gasteiger partial charge in [0.15, 0.2) is 11.0 Å². The minimum atomic E-state index is 1.14. The molecule has 0 aliphatic carbocycles. The highest BCUT2D eigenvalue weighted by atomic mass is 15.1. The number of hydrogen-bond donors (Lipinski definition) is 0. The molecule has 30 heavy (non-hydrogen) atoms. The van der Waals surface area contributed by atoms with Crippen molar-refractivity contribution >= 4 is 28.1 Å². The Labute approximate surface area is 177 Å². The molecular weight excluding hydrogens is 366 g/mol. The predicted octanol–water partition coefficient (Wildman–Crippen LogP) is 6.14. The van der Waals surface area contributed by atoms with E-state index < -0.39 is 0 Å². The van der Waals surface area contributed by atoms with Crippen molar-refractivity contribution in [1.29, 1.82) is 0 Å². The Morgan fingerprint density at radius 3 is 1.67 bits per heavy atom. The van der Waals surface area contributed by atoms with Crippen molar-refractivity contribution in [3.05, 3.63) is 109 Å². The summed E-state index contributed by atoms with van der Waals surface area (Å²) in [6.45, 7) is 0. The fourth-order valence-electron chi connectivity index (χ4n) is 4.23. The van der Waals surface area contributed by atoms with E-state index in [1.54, 1.807) is 0 Å². The predicted molar refractivity (Wildman–Crippen MR) is 124 cm³/mol. The first-order chi connectivity index (χ1) is 14.7. The van der Waals surface area contributed by atoms with Crippen molar-refractivity contribution in [2.24, 2.45) is 14.1 Å². The molecule has 5 rings (SSSR count). The number of rotatable bonds is 4. The number of benzene rings is 4. The van der Waals surface area contributed by atoms with Crippen LogP contribution in [0.15, 0.2) is 109 Å². The van der Waals surface area contributed by atoms with E-state index in [4.69, 9.17) is 0 Å². The molecule has 0 N–H and O–H groups in total. The van der Waals surface area contributed by atoms with Crippen molar-refractivity contribution < 1.29 is 4.57 Å². The minimum absolute atomic E-state index is 1.14. The zero-order chi connectivity index (χ0) is 20.5. The molecule has 5 aromatic rings. The van der Waals surface area contributed by atoms with Crippen LogP contribution in [0.4, 0.5) is 17.1 Å². The van der Waals surface area contributed by atoms with E-state index in [0.717, 1.165) is 17.1 Å². The van der Waals surface area contributed by atoms with Crippen LogP contribution in [0.5, 0.6) is 0 Å². The fourth-order valence-corrected chi connectivity index (χ4v) is 4.23. The van der Waals surface area contributed by atoms with Crippen LogP contribution >= 0.6 is 0 Å². The number of hydrogen-bond acceptors (Lipinski definition) is 1. The number of nitrogens with zero attached hydrogens (tertiary/aromatic N) is 3. The van der Waals surface area contributed by atoms with Crippen molar-refractivity contribution in [1.82, 2.24) is 4.57 Å². The molecule has 0 fully saturated rings. The second kappa shape index (κ2) is 7.53. The maximum Gasteiger partial charge on any atom is 0.289 e. The Morgan fingerprint density at radius 2 is 1.10 bits per heavy atom. The number of anilines is 3. The van der Waals surface area contributed by atoms with Crippen LogP contribution < -0.4 is 9.47 Å². The van der Waals surface area contributed by atoms with Crippen LogP contribution in [0.25, 0.3) is 22.4 Å². The van der Waals surface area contributed by atoms with Crippen LogP contribution in [-0.4, -0.2) is 4.57 Å². The smallest absolute Gasteiger partial charge is 0.289 e. The summed E-state index contributed by atoms with van der Waals surface area (Å²) >= 11 is 0. The molecule has 0 saturated carbocycles. The standard InChI is InChI=1S/C27H24N3/c1-28-25-15-9-10-16-26(25)29(2)27(28)21-17-19-24(20-18-21)30(22-11-5-3-6-12-22)23-13-7-4-8-14-23/h3-20H,1-2H3/q+1. The van der Waals surface area contributed by atoms with Gasteiger partial charge < -0.3 is 4.90 Å². The normalized spacial score (nSPS) is 11.0. The molecule has 0 saturated heterocycles. The number of fused-ring (bicyclic) bond motifs is 1. The third-order valence-electron chi connectivity index (χ3n) is 5.65. The van der Waals surface area contributed by atoms with Crippen molar-refractivity contribution in [2.45, 2.75) is 0 Å². The molecule has 3 heteroatoms. The van der Waals surface area contributed by atoms with Gasteiger partial charge in [0.2, 0.25) is 0 Å². The Kier molecular flexibility index (Phi) is 4.56. The summed E-state index contributed by atoms with van der Waals surface area (Å²) in [6, 6.07) is 38.3. The number of imidazole rings is 1. The highest BCUT2D eigenvalue weighted by molar-refractivity contribution is 5.79. The van der Waals surface area contributed by atoms with E-state index in [1.165, 1.54) is 22.4 Å². The Bertz CT molecular complexity index is 1210. The van der Waals surface area contributed by atoms with Crippen LogP contribution in [0, 0.1) is 0 Å². The van der Waals surface area contributed by atoms with Crippen molar-refractivity contribution in [3.63, 3.8) is 0 Å². The van der Waals surface area contributed by atoms with Crippen LogP contribution in [0.1, 0.15) is 0 Å². The summed E-state index contributed by atoms with van der Waals surface area (Å²) in [7, 11) is 4.26. The summed E-state index contributed by atoms with van der Waals surface area (Å²) in [5.74, 6) is 1.19. The second-order valence-electron chi connectivity index (χ2n) is 7.48. The van der Waals surface area contributed by atoms with Gasteiger partial charge in [-0.2, -0.15) is 0 Å². The lowest BCUT2D eigenvalue weighted by atomic mass is 10.1. The van der Waals surface area contributed by atoms with Crippen LogP contribution in [-0.2, 0) is 14.1 Å². The molecule has 4 aromatic carbocycles. The molecule has 0 aliphatic rings. The molecule has 0 amide bonds.